The lowest BCUT2D eigenvalue weighted by Crippen LogP contribution is -2.19. The largest absolute Gasteiger partial charge is 0.496 e. The standard InChI is InChI=1S/C12H17Cl2NO/c1-16-12-4-3-11(14)9-10(12)5-8-15-7-2-6-13/h3-4,9,15H,2,5-8H2,1H3. The van der Waals surface area contributed by atoms with Crippen molar-refractivity contribution >= 4 is 23.2 Å². The highest BCUT2D eigenvalue weighted by Gasteiger charge is 2.03. The highest BCUT2D eigenvalue weighted by molar-refractivity contribution is 6.30. The van der Waals surface area contributed by atoms with Gasteiger partial charge in [0.1, 0.15) is 5.75 Å². The van der Waals surface area contributed by atoms with E-state index in [-0.39, 0.29) is 0 Å². The number of halogens is 2. The fourth-order valence-corrected chi connectivity index (χ4v) is 1.81. The van der Waals surface area contributed by atoms with Crippen LogP contribution in [0.3, 0.4) is 0 Å². The second-order valence-electron chi connectivity index (χ2n) is 3.50. The molecular weight excluding hydrogens is 245 g/mol. The first-order valence-electron chi connectivity index (χ1n) is 5.37. The minimum absolute atomic E-state index is 0.702. The zero-order valence-corrected chi connectivity index (χ0v) is 10.9. The number of benzene rings is 1. The zero-order chi connectivity index (χ0) is 11.8. The lowest BCUT2D eigenvalue weighted by Gasteiger charge is -2.09. The number of methoxy groups -OCH3 is 1. The molecule has 0 saturated heterocycles. The van der Waals surface area contributed by atoms with Gasteiger partial charge in [-0.3, -0.25) is 0 Å². The molecule has 0 heterocycles. The maximum Gasteiger partial charge on any atom is 0.122 e. The Labute approximate surface area is 107 Å². The van der Waals surface area contributed by atoms with E-state index in [0.717, 1.165) is 42.3 Å². The Kier molecular flexibility index (Phi) is 6.62. The second-order valence-corrected chi connectivity index (χ2v) is 4.31. The second kappa shape index (κ2) is 7.77. The number of rotatable bonds is 7. The summed E-state index contributed by atoms with van der Waals surface area (Å²) in [5.41, 5.74) is 1.13. The van der Waals surface area contributed by atoms with Crippen molar-refractivity contribution < 1.29 is 4.74 Å². The maximum absolute atomic E-state index is 5.94. The lowest BCUT2D eigenvalue weighted by molar-refractivity contribution is 0.409. The van der Waals surface area contributed by atoms with Crippen LogP contribution in [0.2, 0.25) is 5.02 Å². The van der Waals surface area contributed by atoms with E-state index in [1.807, 2.05) is 18.2 Å². The minimum atomic E-state index is 0.702. The van der Waals surface area contributed by atoms with E-state index >= 15 is 0 Å². The van der Waals surface area contributed by atoms with Crippen molar-refractivity contribution in [2.24, 2.45) is 0 Å². The molecule has 4 heteroatoms. The van der Waals surface area contributed by atoms with Gasteiger partial charge in [-0.2, -0.15) is 0 Å². The summed E-state index contributed by atoms with van der Waals surface area (Å²) in [6.45, 7) is 1.86. The highest BCUT2D eigenvalue weighted by Crippen LogP contribution is 2.22. The predicted octanol–water partition coefficient (Wildman–Crippen LogP) is 3.11. The summed E-state index contributed by atoms with van der Waals surface area (Å²) >= 11 is 11.5. The van der Waals surface area contributed by atoms with Crippen LogP contribution in [-0.4, -0.2) is 26.1 Å². The number of nitrogens with one attached hydrogen (secondary N) is 1. The summed E-state index contributed by atoms with van der Waals surface area (Å²) in [5, 5.41) is 4.07. The molecule has 1 aromatic carbocycles. The van der Waals surface area contributed by atoms with Crippen molar-refractivity contribution in [1.82, 2.24) is 5.32 Å². The summed E-state index contributed by atoms with van der Waals surface area (Å²) < 4.78 is 5.27. The maximum atomic E-state index is 5.94. The van der Waals surface area contributed by atoms with Crippen LogP contribution < -0.4 is 10.1 Å². The summed E-state index contributed by atoms with van der Waals surface area (Å²) in [5.74, 6) is 1.59. The lowest BCUT2D eigenvalue weighted by atomic mass is 10.1. The minimum Gasteiger partial charge on any atom is -0.496 e. The van der Waals surface area contributed by atoms with Gasteiger partial charge in [-0.25, -0.2) is 0 Å². The van der Waals surface area contributed by atoms with Gasteiger partial charge >= 0.3 is 0 Å². The highest BCUT2D eigenvalue weighted by atomic mass is 35.5. The van der Waals surface area contributed by atoms with Crippen molar-refractivity contribution in [2.75, 3.05) is 26.1 Å². The molecule has 0 amide bonds. The first kappa shape index (κ1) is 13.6. The van der Waals surface area contributed by atoms with E-state index in [1.54, 1.807) is 7.11 Å². The number of hydrogen-bond acceptors (Lipinski definition) is 2. The van der Waals surface area contributed by atoms with Crippen molar-refractivity contribution in [3.05, 3.63) is 28.8 Å². The van der Waals surface area contributed by atoms with Gasteiger partial charge in [0.15, 0.2) is 0 Å². The SMILES string of the molecule is COc1ccc(Cl)cc1CCNCCCCl. The van der Waals surface area contributed by atoms with Crippen LogP contribution in [0.1, 0.15) is 12.0 Å². The molecule has 0 unspecified atom stereocenters. The Hall–Kier alpha value is -0.440. The Balaban J connectivity index is 2.42. The zero-order valence-electron chi connectivity index (χ0n) is 9.43. The molecular formula is C12H17Cl2NO. The Morgan fingerprint density at radius 3 is 2.81 bits per heavy atom. The molecule has 0 atom stereocenters. The van der Waals surface area contributed by atoms with Gasteiger partial charge in [0.2, 0.25) is 0 Å². The summed E-state index contributed by atoms with van der Waals surface area (Å²) in [4.78, 5) is 0. The molecule has 0 aromatic heterocycles. The summed E-state index contributed by atoms with van der Waals surface area (Å²) in [7, 11) is 1.67. The molecule has 2 nitrogen and oxygen atoms in total. The Morgan fingerprint density at radius 2 is 2.12 bits per heavy atom. The van der Waals surface area contributed by atoms with Crippen LogP contribution in [0.25, 0.3) is 0 Å². The molecule has 16 heavy (non-hydrogen) atoms. The topological polar surface area (TPSA) is 21.3 Å². The summed E-state index contributed by atoms with van der Waals surface area (Å²) in [6.07, 6.45) is 1.90. The molecule has 1 aromatic rings. The van der Waals surface area contributed by atoms with Crippen LogP contribution in [0.4, 0.5) is 0 Å². The van der Waals surface area contributed by atoms with Crippen molar-refractivity contribution in [3.8, 4) is 5.75 Å². The molecule has 0 aliphatic carbocycles. The fourth-order valence-electron chi connectivity index (χ4n) is 1.48. The van der Waals surface area contributed by atoms with Gasteiger partial charge in [0.25, 0.3) is 0 Å². The predicted molar refractivity (Wildman–Crippen MR) is 69.9 cm³/mol. The van der Waals surface area contributed by atoms with E-state index < -0.39 is 0 Å². The fraction of sp³-hybridized carbons (Fsp3) is 0.500. The van der Waals surface area contributed by atoms with E-state index in [2.05, 4.69) is 5.32 Å². The van der Waals surface area contributed by atoms with Crippen LogP contribution in [0.5, 0.6) is 5.75 Å². The number of hydrogen-bond donors (Lipinski definition) is 1. The number of ether oxygens (including phenoxy) is 1. The molecule has 1 rings (SSSR count). The van der Waals surface area contributed by atoms with Crippen molar-refractivity contribution in [2.45, 2.75) is 12.8 Å². The van der Waals surface area contributed by atoms with Crippen LogP contribution in [-0.2, 0) is 6.42 Å². The van der Waals surface area contributed by atoms with Gasteiger partial charge in [-0.15, -0.1) is 11.6 Å². The smallest absolute Gasteiger partial charge is 0.122 e. The molecule has 1 N–H and O–H groups in total. The Bertz CT molecular complexity index is 318. The van der Waals surface area contributed by atoms with Gasteiger partial charge in [0, 0.05) is 10.9 Å². The van der Waals surface area contributed by atoms with Crippen LogP contribution in [0, 0.1) is 0 Å². The van der Waals surface area contributed by atoms with Gasteiger partial charge in [0.05, 0.1) is 7.11 Å². The molecule has 0 aliphatic rings. The Morgan fingerprint density at radius 1 is 1.31 bits per heavy atom. The first-order chi connectivity index (χ1) is 7.77. The molecule has 0 radical (unpaired) electrons. The molecule has 0 aliphatic heterocycles. The third-order valence-corrected chi connectivity index (χ3v) is 2.80. The van der Waals surface area contributed by atoms with E-state index in [9.17, 15) is 0 Å². The van der Waals surface area contributed by atoms with Crippen molar-refractivity contribution in [1.29, 1.82) is 0 Å². The first-order valence-corrected chi connectivity index (χ1v) is 6.28. The monoisotopic (exact) mass is 261 g/mol. The van der Waals surface area contributed by atoms with Crippen LogP contribution >= 0.6 is 23.2 Å². The molecule has 0 fully saturated rings. The third-order valence-electron chi connectivity index (χ3n) is 2.30. The normalized spacial score (nSPS) is 10.4. The van der Waals surface area contributed by atoms with E-state index in [4.69, 9.17) is 27.9 Å². The van der Waals surface area contributed by atoms with Gasteiger partial charge in [-0.1, -0.05) is 11.6 Å². The van der Waals surface area contributed by atoms with E-state index in [0.29, 0.717) is 5.88 Å². The van der Waals surface area contributed by atoms with Gasteiger partial charge < -0.3 is 10.1 Å². The molecule has 90 valence electrons. The molecule has 0 spiro atoms. The van der Waals surface area contributed by atoms with Gasteiger partial charge in [-0.05, 0) is 49.7 Å². The van der Waals surface area contributed by atoms with Crippen molar-refractivity contribution in [3.63, 3.8) is 0 Å². The third kappa shape index (κ3) is 4.60. The molecule has 0 saturated carbocycles. The summed E-state index contributed by atoms with van der Waals surface area (Å²) in [6, 6.07) is 5.69. The number of alkyl halides is 1. The quantitative estimate of drug-likeness (QED) is 0.602. The van der Waals surface area contributed by atoms with E-state index in [1.165, 1.54) is 0 Å². The average molecular weight is 262 g/mol. The van der Waals surface area contributed by atoms with Crippen LogP contribution in [0.15, 0.2) is 18.2 Å². The molecule has 0 bridgehead atoms. The average Bonchev–Trinajstić information content (AvgIpc) is 2.29.